The minimum atomic E-state index is -3.31. The summed E-state index contributed by atoms with van der Waals surface area (Å²) in [5.41, 5.74) is 0.310. The summed E-state index contributed by atoms with van der Waals surface area (Å²) in [5.74, 6) is 0.496. The van der Waals surface area contributed by atoms with E-state index < -0.39 is 15.1 Å². The second kappa shape index (κ2) is 5.12. The van der Waals surface area contributed by atoms with Crippen LogP contribution in [0.4, 0.5) is 0 Å². The van der Waals surface area contributed by atoms with Crippen LogP contribution >= 0.6 is 0 Å². The van der Waals surface area contributed by atoms with E-state index in [9.17, 15) is 13.5 Å². The number of rotatable bonds is 4. The molecule has 0 saturated heterocycles. The van der Waals surface area contributed by atoms with Gasteiger partial charge in [-0.25, -0.2) is 8.42 Å². The molecule has 1 unspecified atom stereocenters. The standard InChI is InChI=1S/C12H14N2O5S/c1-7(20(3,16)17)11-13-12(19-14-11)9-5-4-8(18-2)6-10(9)15/h4-7,15H,1-3H3. The maximum absolute atomic E-state index is 11.4. The van der Waals surface area contributed by atoms with Crippen LogP contribution in [0.5, 0.6) is 11.5 Å². The van der Waals surface area contributed by atoms with Gasteiger partial charge in [0.25, 0.3) is 5.89 Å². The molecule has 0 fully saturated rings. The van der Waals surface area contributed by atoms with Crippen LogP contribution in [0.15, 0.2) is 22.7 Å². The third-order valence-electron chi connectivity index (χ3n) is 2.88. The highest BCUT2D eigenvalue weighted by molar-refractivity contribution is 7.90. The van der Waals surface area contributed by atoms with Crippen molar-refractivity contribution in [3.05, 3.63) is 24.0 Å². The summed E-state index contributed by atoms with van der Waals surface area (Å²) in [6.07, 6.45) is 1.10. The Morgan fingerprint density at radius 1 is 1.40 bits per heavy atom. The van der Waals surface area contributed by atoms with Crippen molar-refractivity contribution in [2.45, 2.75) is 12.2 Å². The molecule has 8 heteroatoms. The van der Waals surface area contributed by atoms with E-state index in [2.05, 4.69) is 10.1 Å². The molecule has 108 valence electrons. The lowest BCUT2D eigenvalue weighted by Crippen LogP contribution is -2.09. The number of nitrogens with zero attached hydrogens (tertiary/aromatic N) is 2. The van der Waals surface area contributed by atoms with E-state index in [4.69, 9.17) is 9.26 Å². The Labute approximate surface area is 116 Å². The van der Waals surface area contributed by atoms with Crippen LogP contribution in [0.25, 0.3) is 11.5 Å². The molecule has 0 amide bonds. The molecule has 1 heterocycles. The van der Waals surface area contributed by atoms with Crippen molar-refractivity contribution in [3.8, 4) is 23.0 Å². The Hall–Kier alpha value is -2.09. The minimum absolute atomic E-state index is 0.0515. The molecule has 0 radical (unpaired) electrons. The monoisotopic (exact) mass is 298 g/mol. The summed E-state index contributed by atoms with van der Waals surface area (Å²) in [6, 6.07) is 4.58. The van der Waals surface area contributed by atoms with Gasteiger partial charge in [0.15, 0.2) is 15.7 Å². The number of ether oxygens (including phenoxy) is 1. The highest BCUT2D eigenvalue weighted by Crippen LogP contribution is 2.32. The van der Waals surface area contributed by atoms with Crippen LogP contribution < -0.4 is 4.74 Å². The van der Waals surface area contributed by atoms with Crippen LogP contribution in [0.1, 0.15) is 18.0 Å². The predicted octanol–water partition coefficient (Wildman–Crippen LogP) is 1.56. The number of hydrogen-bond donors (Lipinski definition) is 1. The predicted molar refractivity (Wildman–Crippen MR) is 71.2 cm³/mol. The molecule has 0 spiro atoms. The molecule has 0 aliphatic rings. The number of methoxy groups -OCH3 is 1. The average Bonchev–Trinajstić information content (AvgIpc) is 2.85. The van der Waals surface area contributed by atoms with Crippen LogP contribution in [-0.4, -0.2) is 37.0 Å². The van der Waals surface area contributed by atoms with E-state index in [0.29, 0.717) is 11.3 Å². The van der Waals surface area contributed by atoms with Crippen molar-refractivity contribution in [3.63, 3.8) is 0 Å². The third-order valence-corrected chi connectivity index (χ3v) is 4.38. The Morgan fingerprint density at radius 2 is 2.10 bits per heavy atom. The summed E-state index contributed by atoms with van der Waals surface area (Å²) in [5, 5.41) is 12.6. The summed E-state index contributed by atoms with van der Waals surface area (Å²) in [7, 11) is -1.83. The van der Waals surface area contributed by atoms with E-state index in [-0.39, 0.29) is 17.5 Å². The Balaban J connectivity index is 2.39. The first-order valence-corrected chi connectivity index (χ1v) is 7.68. The number of aromatic nitrogens is 2. The lowest BCUT2D eigenvalue weighted by Gasteiger charge is -2.03. The minimum Gasteiger partial charge on any atom is -0.507 e. The van der Waals surface area contributed by atoms with Gasteiger partial charge in [0.1, 0.15) is 16.7 Å². The van der Waals surface area contributed by atoms with E-state index >= 15 is 0 Å². The number of hydrogen-bond acceptors (Lipinski definition) is 7. The fraction of sp³-hybridized carbons (Fsp3) is 0.333. The maximum atomic E-state index is 11.4. The normalized spacial score (nSPS) is 13.2. The molecule has 1 aromatic carbocycles. The topological polar surface area (TPSA) is 103 Å². The second-order valence-corrected chi connectivity index (χ2v) is 6.68. The van der Waals surface area contributed by atoms with Crippen molar-refractivity contribution in [1.29, 1.82) is 0 Å². The summed E-state index contributed by atoms with van der Waals surface area (Å²) in [4.78, 5) is 4.01. The first-order chi connectivity index (χ1) is 9.32. The van der Waals surface area contributed by atoms with Gasteiger partial charge in [-0.3, -0.25) is 0 Å². The smallest absolute Gasteiger partial charge is 0.261 e. The molecule has 2 aromatic rings. The number of phenolic OH excluding ortho intramolecular Hbond substituents is 1. The van der Waals surface area contributed by atoms with E-state index in [1.54, 1.807) is 12.1 Å². The van der Waals surface area contributed by atoms with E-state index in [0.717, 1.165) is 6.26 Å². The zero-order chi connectivity index (χ0) is 14.9. The number of phenols is 1. The molecule has 1 atom stereocenters. The Kier molecular flexibility index (Phi) is 3.67. The van der Waals surface area contributed by atoms with Gasteiger partial charge >= 0.3 is 0 Å². The van der Waals surface area contributed by atoms with Gasteiger partial charge in [0, 0.05) is 12.3 Å². The number of aromatic hydroxyl groups is 1. The number of sulfone groups is 1. The second-order valence-electron chi connectivity index (χ2n) is 4.31. The Bertz CT molecular complexity index is 723. The fourth-order valence-electron chi connectivity index (χ4n) is 1.52. The molecule has 0 bridgehead atoms. The van der Waals surface area contributed by atoms with E-state index in [1.807, 2.05) is 0 Å². The summed E-state index contributed by atoms with van der Waals surface area (Å²) < 4.78 is 32.8. The fourth-order valence-corrected chi connectivity index (χ4v) is 2.00. The van der Waals surface area contributed by atoms with Gasteiger partial charge in [-0.1, -0.05) is 5.16 Å². The van der Waals surface area contributed by atoms with Crippen molar-refractivity contribution in [1.82, 2.24) is 10.1 Å². The molecule has 0 saturated carbocycles. The quantitative estimate of drug-likeness (QED) is 0.913. The molecule has 1 aromatic heterocycles. The van der Waals surface area contributed by atoms with E-state index in [1.165, 1.54) is 20.1 Å². The Morgan fingerprint density at radius 3 is 2.65 bits per heavy atom. The molecule has 2 rings (SSSR count). The molecule has 0 aliphatic carbocycles. The maximum Gasteiger partial charge on any atom is 0.261 e. The molecule has 7 nitrogen and oxygen atoms in total. The van der Waals surface area contributed by atoms with Crippen molar-refractivity contribution >= 4 is 9.84 Å². The lowest BCUT2D eigenvalue weighted by molar-refractivity contribution is 0.404. The van der Waals surface area contributed by atoms with Gasteiger partial charge in [0.2, 0.25) is 0 Å². The van der Waals surface area contributed by atoms with Crippen molar-refractivity contribution in [2.24, 2.45) is 0 Å². The SMILES string of the molecule is COc1ccc(-c2nc(C(C)S(C)(=O)=O)no2)c(O)c1. The third kappa shape index (κ3) is 2.74. The molecular weight excluding hydrogens is 284 g/mol. The first kappa shape index (κ1) is 14.3. The average molecular weight is 298 g/mol. The van der Waals surface area contributed by atoms with Crippen molar-refractivity contribution in [2.75, 3.05) is 13.4 Å². The molecule has 1 N–H and O–H groups in total. The molecule has 20 heavy (non-hydrogen) atoms. The molecule has 0 aliphatic heterocycles. The number of benzene rings is 1. The lowest BCUT2D eigenvalue weighted by atomic mass is 10.2. The van der Waals surface area contributed by atoms with Crippen LogP contribution in [0, 0.1) is 0 Å². The largest absolute Gasteiger partial charge is 0.507 e. The highest BCUT2D eigenvalue weighted by atomic mass is 32.2. The van der Waals surface area contributed by atoms with Gasteiger partial charge in [0.05, 0.1) is 12.7 Å². The first-order valence-electron chi connectivity index (χ1n) is 5.72. The van der Waals surface area contributed by atoms with Gasteiger partial charge < -0.3 is 14.4 Å². The van der Waals surface area contributed by atoms with Crippen LogP contribution in [0.3, 0.4) is 0 Å². The zero-order valence-electron chi connectivity index (χ0n) is 11.2. The van der Waals surface area contributed by atoms with Crippen molar-refractivity contribution < 1.29 is 22.8 Å². The summed E-state index contributed by atoms with van der Waals surface area (Å²) in [6.45, 7) is 1.47. The zero-order valence-corrected chi connectivity index (χ0v) is 12.0. The van der Waals surface area contributed by atoms with Crippen LogP contribution in [-0.2, 0) is 9.84 Å². The molecular formula is C12H14N2O5S. The van der Waals surface area contributed by atoms with Crippen LogP contribution in [0.2, 0.25) is 0 Å². The van der Waals surface area contributed by atoms with Gasteiger partial charge in [-0.05, 0) is 19.1 Å². The highest BCUT2D eigenvalue weighted by Gasteiger charge is 2.24. The summed E-state index contributed by atoms with van der Waals surface area (Å²) >= 11 is 0. The van der Waals surface area contributed by atoms with Gasteiger partial charge in [-0.15, -0.1) is 0 Å². The van der Waals surface area contributed by atoms with Gasteiger partial charge in [-0.2, -0.15) is 4.98 Å².